The van der Waals surface area contributed by atoms with Gasteiger partial charge in [-0.1, -0.05) is 0 Å². The van der Waals surface area contributed by atoms with Gasteiger partial charge in [0.15, 0.2) is 11.6 Å². The molecule has 1 rings (SSSR count). The Morgan fingerprint density at radius 1 is 1.65 bits per heavy atom. The zero-order valence-electron chi connectivity index (χ0n) is 9.44. The predicted octanol–water partition coefficient (Wildman–Crippen LogP) is 0.482. The van der Waals surface area contributed by atoms with Crippen LogP contribution in [0.2, 0.25) is 0 Å². The Balaban J connectivity index is 2.73. The van der Waals surface area contributed by atoms with E-state index >= 15 is 0 Å². The summed E-state index contributed by atoms with van der Waals surface area (Å²) in [7, 11) is 0. The highest BCUT2D eigenvalue weighted by atomic mass is 19.1. The molecule has 6 heteroatoms. The fourth-order valence-corrected chi connectivity index (χ4v) is 1.18. The van der Waals surface area contributed by atoms with Gasteiger partial charge in [-0.2, -0.15) is 0 Å². The first-order valence-electron chi connectivity index (χ1n) is 5.19. The fraction of sp³-hybridized carbons (Fsp3) is 0.364. The SMILES string of the molecule is CCOc1ccc(NC(=O)C(O)CN)cc1F. The lowest BCUT2D eigenvalue weighted by atomic mass is 10.2. The minimum atomic E-state index is -1.30. The Kier molecular flexibility index (Phi) is 4.86. The molecule has 1 unspecified atom stereocenters. The number of nitrogens with one attached hydrogen (secondary N) is 1. The number of nitrogens with two attached hydrogens (primary N) is 1. The lowest BCUT2D eigenvalue weighted by molar-refractivity contribution is -0.123. The molecule has 1 aromatic rings. The number of anilines is 1. The Morgan fingerprint density at radius 3 is 2.88 bits per heavy atom. The number of aliphatic hydroxyl groups is 1. The van der Waals surface area contributed by atoms with Gasteiger partial charge in [-0.3, -0.25) is 4.79 Å². The average Bonchev–Trinajstić information content (AvgIpc) is 2.31. The van der Waals surface area contributed by atoms with Gasteiger partial charge >= 0.3 is 0 Å². The van der Waals surface area contributed by atoms with E-state index in [1.807, 2.05) is 0 Å². The minimum Gasteiger partial charge on any atom is -0.491 e. The molecule has 1 aromatic carbocycles. The first kappa shape index (κ1) is 13.4. The number of carbonyl (C=O) groups excluding carboxylic acids is 1. The standard InChI is InChI=1S/C11H15FN2O3/c1-2-17-10-4-3-7(5-8(10)12)14-11(16)9(15)6-13/h3-5,9,15H,2,6,13H2,1H3,(H,14,16). The maximum Gasteiger partial charge on any atom is 0.254 e. The molecular weight excluding hydrogens is 227 g/mol. The number of benzene rings is 1. The number of amides is 1. The topological polar surface area (TPSA) is 84.6 Å². The molecule has 1 atom stereocenters. The largest absolute Gasteiger partial charge is 0.491 e. The molecule has 0 aliphatic carbocycles. The summed E-state index contributed by atoms with van der Waals surface area (Å²) in [5.41, 5.74) is 5.35. The smallest absolute Gasteiger partial charge is 0.254 e. The maximum atomic E-state index is 13.4. The van der Waals surface area contributed by atoms with Crippen molar-refractivity contribution < 1.29 is 19.0 Å². The zero-order chi connectivity index (χ0) is 12.8. The summed E-state index contributed by atoms with van der Waals surface area (Å²) < 4.78 is 18.4. The predicted molar refractivity (Wildman–Crippen MR) is 61.3 cm³/mol. The second kappa shape index (κ2) is 6.17. The highest BCUT2D eigenvalue weighted by Gasteiger charge is 2.13. The van der Waals surface area contributed by atoms with Crippen LogP contribution in [0.15, 0.2) is 18.2 Å². The van der Waals surface area contributed by atoms with Crippen molar-refractivity contribution in [2.75, 3.05) is 18.5 Å². The van der Waals surface area contributed by atoms with E-state index in [1.165, 1.54) is 12.1 Å². The summed E-state index contributed by atoms with van der Waals surface area (Å²) in [5, 5.41) is 11.5. The number of hydrogen-bond acceptors (Lipinski definition) is 4. The van der Waals surface area contributed by atoms with Gasteiger partial charge in [-0.05, 0) is 19.1 Å². The van der Waals surface area contributed by atoms with E-state index in [2.05, 4.69) is 5.32 Å². The third-order valence-electron chi connectivity index (χ3n) is 2.03. The Labute approximate surface area is 98.4 Å². The molecule has 17 heavy (non-hydrogen) atoms. The van der Waals surface area contributed by atoms with Gasteiger partial charge in [0.2, 0.25) is 0 Å². The second-order valence-electron chi connectivity index (χ2n) is 3.32. The molecule has 1 amide bonds. The summed E-state index contributed by atoms with van der Waals surface area (Å²) in [6, 6.07) is 4.00. The lowest BCUT2D eigenvalue weighted by Crippen LogP contribution is -2.34. The molecule has 0 bridgehead atoms. The Morgan fingerprint density at radius 2 is 2.35 bits per heavy atom. The number of carbonyl (C=O) groups is 1. The van der Waals surface area contributed by atoms with Gasteiger partial charge in [-0.25, -0.2) is 4.39 Å². The molecule has 5 nitrogen and oxygen atoms in total. The number of aliphatic hydroxyl groups excluding tert-OH is 1. The summed E-state index contributed by atoms with van der Waals surface area (Å²) in [6.45, 7) is 1.91. The quantitative estimate of drug-likeness (QED) is 0.701. The first-order chi connectivity index (χ1) is 8.08. The van der Waals surface area contributed by atoms with Gasteiger partial charge in [0.1, 0.15) is 6.10 Å². The summed E-state index contributed by atoms with van der Waals surface area (Å²) >= 11 is 0. The molecule has 4 N–H and O–H groups in total. The molecule has 0 saturated heterocycles. The highest BCUT2D eigenvalue weighted by molar-refractivity contribution is 5.94. The van der Waals surface area contributed by atoms with E-state index < -0.39 is 17.8 Å². The number of ether oxygens (including phenoxy) is 1. The summed E-state index contributed by atoms with van der Waals surface area (Å²) in [4.78, 5) is 11.3. The van der Waals surface area contributed by atoms with Crippen molar-refractivity contribution in [2.24, 2.45) is 5.73 Å². The van der Waals surface area contributed by atoms with Gasteiger partial charge in [0.05, 0.1) is 6.61 Å². The highest BCUT2D eigenvalue weighted by Crippen LogP contribution is 2.21. The third kappa shape index (κ3) is 3.69. The molecule has 0 aliphatic rings. The van der Waals surface area contributed by atoms with Gasteiger partial charge in [-0.15, -0.1) is 0 Å². The zero-order valence-corrected chi connectivity index (χ0v) is 9.44. The third-order valence-corrected chi connectivity index (χ3v) is 2.03. The van der Waals surface area contributed by atoms with Crippen LogP contribution in [0.25, 0.3) is 0 Å². The Bertz CT molecular complexity index is 398. The Hall–Kier alpha value is -1.66. The van der Waals surface area contributed by atoms with E-state index in [0.717, 1.165) is 6.07 Å². The molecule has 0 aliphatic heterocycles. The van der Waals surface area contributed by atoms with Gasteiger partial charge in [0, 0.05) is 18.3 Å². The van der Waals surface area contributed by atoms with E-state index in [9.17, 15) is 9.18 Å². The summed E-state index contributed by atoms with van der Waals surface area (Å²) in [6.07, 6.45) is -1.30. The molecule has 0 radical (unpaired) electrons. The van der Waals surface area contributed by atoms with Gasteiger partial charge in [0.25, 0.3) is 5.91 Å². The van der Waals surface area contributed by atoms with Crippen LogP contribution in [0, 0.1) is 5.82 Å². The molecule has 0 saturated carbocycles. The van der Waals surface area contributed by atoms with Crippen LogP contribution in [0.1, 0.15) is 6.92 Å². The first-order valence-corrected chi connectivity index (χ1v) is 5.19. The maximum absolute atomic E-state index is 13.4. The van der Waals surface area contributed by atoms with Crippen LogP contribution in [-0.4, -0.2) is 30.3 Å². The average molecular weight is 242 g/mol. The summed E-state index contributed by atoms with van der Waals surface area (Å²) in [5.74, 6) is -1.13. The molecule has 94 valence electrons. The van der Waals surface area contributed by atoms with Crippen molar-refractivity contribution in [3.8, 4) is 5.75 Å². The minimum absolute atomic E-state index is 0.116. The van der Waals surface area contributed by atoms with Crippen LogP contribution < -0.4 is 15.8 Å². The van der Waals surface area contributed by atoms with Crippen molar-refractivity contribution in [1.29, 1.82) is 0 Å². The van der Waals surface area contributed by atoms with Crippen LogP contribution in [0.5, 0.6) is 5.75 Å². The normalized spacial score (nSPS) is 12.0. The van der Waals surface area contributed by atoms with E-state index in [4.69, 9.17) is 15.6 Å². The van der Waals surface area contributed by atoms with E-state index in [-0.39, 0.29) is 18.0 Å². The molecule has 0 spiro atoms. The van der Waals surface area contributed by atoms with Crippen molar-refractivity contribution in [3.63, 3.8) is 0 Å². The fourth-order valence-electron chi connectivity index (χ4n) is 1.18. The van der Waals surface area contributed by atoms with E-state index in [0.29, 0.717) is 6.61 Å². The monoisotopic (exact) mass is 242 g/mol. The van der Waals surface area contributed by atoms with E-state index in [1.54, 1.807) is 6.92 Å². The van der Waals surface area contributed by atoms with Crippen LogP contribution in [-0.2, 0) is 4.79 Å². The molecule has 0 aromatic heterocycles. The molecular formula is C11H15FN2O3. The number of halogens is 1. The van der Waals surface area contributed by atoms with Crippen LogP contribution >= 0.6 is 0 Å². The number of rotatable bonds is 5. The second-order valence-corrected chi connectivity index (χ2v) is 3.32. The lowest BCUT2D eigenvalue weighted by Gasteiger charge is -2.10. The van der Waals surface area contributed by atoms with Crippen LogP contribution in [0.3, 0.4) is 0 Å². The van der Waals surface area contributed by atoms with Crippen molar-refractivity contribution in [1.82, 2.24) is 0 Å². The molecule has 0 heterocycles. The van der Waals surface area contributed by atoms with Crippen LogP contribution in [0.4, 0.5) is 10.1 Å². The van der Waals surface area contributed by atoms with Crippen molar-refractivity contribution in [3.05, 3.63) is 24.0 Å². The van der Waals surface area contributed by atoms with Gasteiger partial charge < -0.3 is 20.9 Å². The molecule has 0 fully saturated rings. The van der Waals surface area contributed by atoms with Crippen molar-refractivity contribution in [2.45, 2.75) is 13.0 Å². The number of hydrogen-bond donors (Lipinski definition) is 3. The van der Waals surface area contributed by atoms with Crippen molar-refractivity contribution >= 4 is 11.6 Å².